The SMILES string of the molecule is CSc1nc(N)cc(C2CC2)n1. The molecule has 0 radical (unpaired) electrons. The third-order valence-electron chi connectivity index (χ3n) is 1.92. The second kappa shape index (κ2) is 2.94. The zero-order valence-electron chi connectivity index (χ0n) is 6.95. The molecule has 0 unspecified atom stereocenters. The predicted molar refractivity (Wildman–Crippen MR) is 50.2 cm³/mol. The molecule has 1 heterocycles. The van der Waals surface area contributed by atoms with Crippen LogP contribution in [0.5, 0.6) is 0 Å². The molecule has 3 nitrogen and oxygen atoms in total. The van der Waals surface area contributed by atoms with E-state index in [4.69, 9.17) is 5.73 Å². The van der Waals surface area contributed by atoms with E-state index in [0.29, 0.717) is 11.7 Å². The largest absolute Gasteiger partial charge is 0.384 e. The van der Waals surface area contributed by atoms with E-state index in [2.05, 4.69) is 9.97 Å². The minimum atomic E-state index is 0.594. The number of hydrogen-bond donors (Lipinski definition) is 1. The first-order valence-corrected chi connectivity index (χ1v) is 5.20. The molecule has 0 saturated heterocycles. The summed E-state index contributed by atoms with van der Waals surface area (Å²) in [5.74, 6) is 1.25. The van der Waals surface area contributed by atoms with Crippen LogP contribution in [0.15, 0.2) is 11.2 Å². The third kappa shape index (κ3) is 1.53. The number of nitrogens with zero attached hydrogens (tertiary/aromatic N) is 2. The fraction of sp³-hybridized carbons (Fsp3) is 0.500. The Hall–Kier alpha value is -0.770. The smallest absolute Gasteiger partial charge is 0.189 e. The molecular weight excluding hydrogens is 170 g/mol. The minimum absolute atomic E-state index is 0.594. The van der Waals surface area contributed by atoms with Gasteiger partial charge in [-0.15, -0.1) is 0 Å². The Morgan fingerprint density at radius 2 is 2.25 bits per heavy atom. The number of anilines is 1. The molecule has 0 aromatic carbocycles. The van der Waals surface area contributed by atoms with E-state index >= 15 is 0 Å². The summed E-state index contributed by atoms with van der Waals surface area (Å²) in [4.78, 5) is 8.48. The summed E-state index contributed by atoms with van der Waals surface area (Å²) in [5, 5.41) is 0.789. The van der Waals surface area contributed by atoms with Crippen LogP contribution in [0, 0.1) is 0 Å². The fourth-order valence-electron chi connectivity index (χ4n) is 1.14. The van der Waals surface area contributed by atoms with Crippen LogP contribution in [0.3, 0.4) is 0 Å². The average molecular weight is 181 g/mol. The Bertz CT molecular complexity index is 296. The number of rotatable bonds is 2. The Labute approximate surface area is 75.8 Å². The first-order chi connectivity index (χ1) is 5.79. The van der Waals surface area contributed by atoms with E-state index in [0.717, 1.165) is 10.9 Å². The highest BCUT2D eigenvalue weighted by molar-refractivity contribution is 7.98. The molecule has 0 aliphatic heterocycles. The summed E-state index contributed by atoms with van der Waals surface area (Å²) >= 11 is 1.54. The lowest BCUT2D eigenvalue weighted by Crippen LogP contribution is -1.97. The highest BCUT2D eigenvalue weighted by Crippen LogP contribution is 2.39. The summed E-state index contributed by atoms with van der Waals surface area (Å²) in [5.41, 5.74) is 6.75. The molecule has 1 fully saturated rings. The van der Waals surface area contributed by atoms with E-state index in [1.54, 1.807) is 11.8 Å². The molecule has 2 N–H and O–H groups in total. The van der Waals surface area contributed by atoms with Gasteiger partial charge in [0.1, 0.15) is 5.82 Å². The van der Waals surface area contributed by atoms with Crippen molar-refractivity contribution in [3.8, 4) is 0 Å². The number of thioether (sulfide) groups is 1. The molecule has 1 aliphatic carbocycles. The molecule has 1 aromatic rings. The first-order valence-electron chi connectivity index (χ1n) is 3.98. The molecule has 12 heavy (non-hydrogen) atoms. The highest BCUT2D eigenvalue weighted by atomic mass is 32.2. The lowest BCUT2D eigenvalue weighted by Gasteiger charge is -2.01. The van der Waals surface area contributed by atoms with Gasteiger partial charge in [-0.25, -0.2) is 9.97 Å². The van der Waals surface area contributed by atoms with Gasteiger partial charge >= 0.3 is 0 Å². The minimum Gasteiger partial charge on any atom is -0.384 e. The maximum Gasteiger partial charge on any atom is 0.189 e. The van der Waals surface area contributed by atoms with Crippen LogP contribution in [-0.2, 0) is 0 Å². The summed E-state index contributed by atoms with van der Waals surface area (Å²) in [6.07, 6.45) is 4.47. The van der Waals surface area contributed by atoms with Gasteiger partial charge in [-0.2, -0.15) is 0 Å². The van der Waals surface area contributed by atoms with E-state index in [1.165, 1.54) is 12.8 Å². The lowest BCUT2D eigenvalue weighted by molar-refractivity contribution is 0.891. The van der Waals surface area contributed by atoms with Crippen molar-refractivity contribution in [1.82, 2.24) is 9.97 Å². The van der Waals surface area contributed by atoms with Crippen LogP contribution in [0.2, 0.25) is 0 Å². The van der Waals surface area contributed by atoms with Gasteiger partial charge in [0.25, 0.3) is 0 Å². The van der Waals surface area contributed by atoms with Crippen LogP contribution < -0.4 is 5.73 Å². The first kappa shape index (κ1) is 7.86. The van der Waals surface area contributed by atoms with Gasteiger partial charge in [-0.1, -0.05) is 11.8 Å². The molecule has 1 aromatic heterocycles. The van der Waals surface area contributed by atoms with Gasteiger partial charge in [-0.3, -0.25) is 0 Å². The molecule has 1 saturated carbocycles. The maximum atomic E-state index is 5.64. The quantitative estimate of drug-likeness (QED) is 0.557. The van der Waals surface area contributed by atoms with Crippen molar-refractivity contribution in [3.05, 3.63) is 11.8 Å². The van der Waals surface area contributed by atoms with E-state index in [-0.39, 0.29) is 0 Å². The number of hydrogen-bond acceptors (Lipinski definition) is 4. The van der Waals surface area contributed by atoms with Crippen molar-refractivity contribution in [1.29, 1.82) is 0 Å². The van der Waals surface area contributed by atoms with Gasteiger partial charge < -0.3 is 5.73 Å². The van der Waals surface area contributed by atoms with Crippen molar-refractivity contribution in [2.75, 3.05) is 12.0 Å². The Kier molecular flexibility index (Phi) is 1.92. The molecule has 0 amide bonds. The monoisotopic (exact) mass is 181 g/mol. The van der Waals surface area contributed by atoms with E-state index < -0.39 is 0 Å². The fourth-order valence-corrected chi connectivity index (χ4v) is 1.53. The lowest BCUT2D eigenvalue weighted by atomic mass is 10.3. The van der Waals surface area contributed by atoms with Crippen molar-refractivity contribution in [2.24, 2.45) is 0 Å². The summed E-state index contributed by atoms with van der Waals surface area (Å²) in [6.45, 7) is 0. The Balaban J connectivity index is 2.34. The predicted octanol–water partition coefficient (Wildman–Crippen LogP) is 1.66. The second-order valence-electron chi connectivity index (χ2n) is 2.98. The van der Waals surface area contributed by atoms with Crippen molar-refractivity contribution in [2.45, 2.75) is 23.9 Å². The zero-order valence-corrected chi connectivity index (χ0v) is 7.77. The van der Waals surface area contributed by atoms with Crippen molar-refractivity contribution >= 4 is 17.6 Å². The number of nitrogens with two attached hydrogens (primary N) is 1. The topological polar surface area (TPSA) is 51.8 Å². The van der Waals surface area contributed by atoms with Gasteiger partial charge in [0.15, 0.2) is 5.16 Å². The van der Waals surface area contributed by atoms with E-state index in [1.807, 2.05) is 12.3 Å². The second-order valence-corrected chi connectivity index (χ2v) is 3.75. The molecule has 0 atom stereocenters. The standard InChI is InChI=1S/C8H11N3S/c1-12-8-10-6(5-2-3-5)4-7(9)11-8/h4-5H,2-3H2,1H3,(H2,9,10,11). The van der Waals surface area contributed by atoms with Crippen LogP contribution in [0.1, 0.15) is 24.5 Å². The Morgan fingerprint density at radius 1 is 1.50 bits per heavy atom. The van der Waals surface area contributed by atoms with Gasteiger partial charge in [-0.05, 0) is 19.1 Å². The number of aromatic nitrogens is 2. The molecule has 1 aliphatic rings. The molecule has 2 rings (SSSR count). The van der Waals surface area contributed by atoms with Crippen LogP contribution in [0.4, 0.5) is 5.82 Å². The molecule has 0 spiro atoms. The van der Waals surface area contributed by atoms with Crippen molar-refractivity contribution in [3.63, 3.8) is 0 Å². The van der Waals surface area contributed by atoms with Gasteiger partial charge in [0.2, 0.25) is 0 Å². The third-order valence-corrected chi connectivity index (χ3v) is 2.47. The molecule has 4 heteroatoms. The maximum absolute atomic E-state index is 5.64. The van der Waals surface area contributed by atoms with Crippen molar-refractivity contribution < 1.29 is 0 Å². The van der Waals surface area contributed by atoms with Gasteiger partial charge in [0.05, 0.1) is 5.69 Å². The normalized spacial score (nSPS) is 16.4. The van der Waals surface area contributed by atoms with Crippen LogP contribution in [-0.4, -0.2) is 16.2 Å². The Morgan fingerprint density at radius 3 is 2.83 bits per heavy atom. The van der Waals surface area contributed by atoms with Crippen LogP contribution in [0.25, 0.3) is 0 Å². The molecular formula is C8H11N3S. The number of nitrogen functional groups attached to an aromatic ring is 1. The summed E-state index contributed by atoms with van der Waals surface area (Å²) in [7, 11) is 0. The average Bonchev–Trinajstić information content (AvgIpc) is 2.85. The highest BCUT2D eigenvalue weighted by Gasteiger charge is 2.25. The van der Waals surface area contributed by atoms with Gasteiger partial charge in [0, 0.05) is 12.0 Å². The summed E-state index contributed by atoms with van der Waals surface area (Å²) < 4.78 is 0. The molecule has 64 valence electrons. The summed E-state index contributed by atoms with van der Waals surface area (Å²) in [6, 6.07) is 1.89. The van der Waals surface area contributed by atoms with E-state index in [9.17, 15) is 0 Å². The zero-order chi connectivity index (χ0) is 8.55. The van der Waals surface area contributed by atoms with Crippen LogP contribution >= 0.6 is 11.8 Å². The molecule has 0 bridgehead atoms.